The Balaban J connectivity index is 2.05. The highest BCUT2D eigenvalue weighted by Crippen LogP contribution is 2.10. The van der Waals surface area contributed by atoms with Crippen LogP contribution in [-0.4, -0.2) is 49.0 Å². The lowest BCUT2D eigenvalue weighted by molar-refractivity contribution is -0.116. The molecule has 0 fully saturated rings. The van der Waals surface area contributed by atoms with E-state index in [2.05, 4.69) is 20.3 Å². The van der Waals surface area contributed by atoms with Gasteiger partial charge in [0, 0.05) is 39.8 Å². The van der Waals surface area contributed by atoms with E-state index in [4.69, 9.17) is 0 Å². The fourth-order valence-electron chi connectivity index (χ4n) is 1.88. The number of anilines is 2. The molecule has 0 atom stereocenters. The molecule has 0 saturated heterocycles. The number of benzene rings is 1. The highest BCUT2D eigenvalue weighted by molar-refractivity contribution is 5.91. The van der Waals surface area contributed by atoms with Gasteiger partial charge in [-0.25, -0.2) is 4.39 Å². The number of hydrogen-bond acceptors (Lipinski definition) is 6. The van der Waals surface area contributed by atoms with Gasteiger partial charge in [0.15, 0.2) is 5.82 Å². The van der Waals surface area contributed by atoms with Crippen molar-refractivity contribution in [1.82, 2.24) is 20.3 Å². The van der Waals surface area contributed by atoms with Crippen molar-refractivity contribution in [2.45, 2.75) is 6.54 Å². The van der Waals surface area contributed by atoms with Crippen LogP contribution in [0.2, 0.25) is 0 Å². The van der Waals surface area contributed by atoms with Gasteiger partial charge in [-0.05, 0) is 12.1 Å². The van der Waals surface area contributed by atoms with E-state index in [1.165, 1.54) is 18.2 Å². The van der Waals surface area contributed by atoms with Crippen molar-refractivity contribution < 1.29 is 9.18 Å². The number of nitrogens with zero attached hydrogens (tertiary/aromatic N) is 5. The predicted octanol–water partition coefficient (Wildman–Crippen LogP) is 1.47. The number of halogens is 1. The van der Waals surface area contributed by atoms with Crippen LogP contribution in [0.3, 0.4) is 0 Å². The van der Waals surface area contributed by atoms with E-state index in [0.717, 1.165) is 0 Å². The van der Waals surface area contributed by atoms with Gasteiger partial charge in [0.05, 0.1) is 6.54 Å². The van der Waals surface area contributed by atoms with E-state index in [9.17, 15) is 9.18 Å². The molecule has 1 heterocycles. The standard InChI is InChI=1S/C17H21FN6O/c1-23(2)16-20-14(21-17(22-16)24(3)4)11-19-15(25)10-9-12-7-5-6-8-13(12)18/h5-10H,11H2,1-4H3,(H,19,25). The zero-order valence-electron chi connectivity index (χ0n) is 14.7. The molecule has 132 valence electrons. The van der Waals surface area contributed by atoms with Crippen molar-refractivity contribution in [2.75, 3.05) is 38.0 Å². The number of carbonyl (C=O) groups excluding carboxylic acids is 1. The predicted molar refractivity (Wildman–Crippen MR) is 95.8 cm³/mol. The number of nitrogens with one attached hydrogen (secondary N) is 1. The molecule has 0 aliphatic heterocycles. The van der Waals surface area contributed by atoms with Crippen molar-refractivity contribution >= 4 is 23.9 Å². The summed E-state index contributed by atoms with van der Waals surface area (Å²) in [6.07, 6.45) is 2.70. The Hall–Kier alpha value is -3.03. The molecule has 2 rings (SSSR count). The molecular weight excluding hydrogens is 323 g/mol. The molecule has 1 aromatic heterocycles. The summed E-state index contributed by atoms with van der Waals surface area (Å²) in [5.74, 6) is 0.710. The third-order valence-electron chi connectivity index (χ3n) is 3.20. The topological polar surface area (TPSA) is 74.2 Å². The average molecular weight is 344 g/mol. The molecule has 8 heteroatoms. The van der Waals surface area contributed by atoms with E-state index < -0.39 is 0 Å². The van der Waals surface area contributed by atoms with Crippen LogP contribution >= 0.6 is 0 Å². The molecule has 0 unspecified atom stereocenters. The number of hydrogen-bond donors (Lipinski definition) is 1. The summed E-state index contributed by atoms with van der Waals surface area (Å²) in [6.45, 7) is 0.143. The first kappa shape index (κ1) is 18.3. The van der Waals surface area contributed by atoms with Crippen LogP contribution < -0.4 is 15.1 Å². The second-order valence-corrected chi connectivity index (χ2v) is 5.71. The minimum atomic E-state index is -0.379. The van der Waals surface area contributed by atoms with Gasteiger partial charge in [-0.2, -0.15) is 15.0 Å². The molecule has 1 amide bonds. The van der Waals surface area contributed by atoms with Gasteiger partial charge in [-0.15, -0.1) is 0 Å². The summed E-state index contributed by atoms with van der Waals surface area (Å²) in [7, 11) is 7.31. The summed E-state index contributed by atoms with van der Waals surface area (Å²) in [5.41, 5.74) is 0.350. The highest BCUT2D eigenvalue weighted by atomic mass is 19.1. The van der Waals surface area contributed by atoms with Gasteiger partial charge >= 0.3 is 0 Å². The van der Waals surface area contributed by atoms with Crippen molar-refractivity contribution in [3.05, 3.63) is 47.5 Å². The lowest BCUT2D eigenvalue weighted by Crippen LogP contribution is -2.25. The molecule has 0 aliphatic rings. The van der Waals surface area contributed by atoms with Crippen molar-refractivity contribution in [3.8, 4) is 0 Å². The highest BCUT2D eigenvalue weighted by Gasteiger charge is 2.10. The summed E-state index contributed by atoms with van der Waals surface area (Å²) in [6, 6.07) is 6.24. The molecule has 25 heavy (non-hydrogen) atoms. The summed E-state index contributed by atoms with van der Waals surface area (Å²) < 4.78 is 13.5. The molecule has 7 nitrogen and oxygen atoms in total. The Morgan fingerprint density at radius 1 is 1.08 bits per heavy atom. The van der Waals surface area contributed by atoms with E-state index >= 15 is 0 Å². The Morgan fingerprint density at radius 3 is 2.24 bits per heavy atom. The van der Waals surface area contributed by atoms with Crippen LogP contribution in [0.25, 0.3) is 6.08 Å². The van der Waals surface area contributed by atoms with Crippen LogP contribution in [0.15, 0.2) is 30.3 Å². The number of rotatable bonds is 6. The van der Waals surface area contributed by atoms with Crippen LogP contribution in [0.5, 0.6) is 0 Å². The first-order valence-corrected chi connectivity index (χ1v) is 7.67. The maximum Gasteiger partial charge on any atom is 0.244 e. The molecule has 0 radical (unpaired) electrons. The van der Waals surface area contributed by atoms with Gasteiger partial charge in [0.1, 0.15) is 5.82 Å². The fraction of sp³-hybridized carbons (Fsp3) is 0.294. The van der Waals surface area contributed by atoms with E-state index in [1.54, 1.807) is 28.0 Å². The normalized spacial score (nSPS) is 10.8. The molecule has 0 aliphatic carbocycles. The van der Waals surface area contributed by atoms with Crippen molar-refractivity contribution in [2.24, 2.45) is 0 Å². The summed E-state index contributed by atoms with van der Waals surface area (Å²) in [5, 5.41) is 2.68. The fourth-order valence-corrected chi connectivity index (χ4v) is 1.88. The Bertz CT molecular complexity index is 749. The van der Waals surface area contributed by atoms with Gasteiger partial charge < -0.3 is 15.1 Å². The van der Waals surface area contributed by atoms with Gasteiger partial charge in [-0.3, -0.25) is 4.79 Å². The second kappa shape index (κ2) is 8.18. The van der Waals surface area contributed by atoms with E-state index in [-0.39, 0.29) is 18.3 Å². The largest absolute Gasteiger partial charge is 0.347 e. The zero-order valence-corrected chi connectivity index (χ0v) is 14.7. The van der Waals surface area contributed by atoms with Gasteiger partial charge in [-0.1, -0.05) is 18.2 Å². The Labute approximate surface area is 146 Å². The van der Waals surface area contributed by atoms with Crippen LogP contribution in [0.1, 0.15) is 11.4 Å². The molecule has 1 N–H and O–H groups in total. The minimum Gasteiger partial charge on any atom is -0.347 e. The number of carbonyl (C=O) groups is 1. The number of amides is 1. The minimum absolute atomic E-state index is 0.143. The Kier molecular flexibility index (Phi) is 5.99. The average Bonchev–Trinajstić information content (AvgIpc) is 2.58. The number of aromatic nitrogens is 3. The monoisotopic (exact) mass is 344 g/mol. The van der Waals surface area contributed by atoms with Crippen molar-refractivity contribution in [3.63, 3.8) is 0 Å². The van der Waals surface area contributed by atoms with E-state index in [0.29, 0.717) is 23.3 Å². The van der Waals surface area contributed by atoms with Gasteiger partial charge in [0.2, 0.25) is 17.8 Å². The SMILES string of the molecule is CN(C)c1nc(CNC(=O)C=Cc2ccccc2F)nc(N(C)C)n1. The van der Waals surface area contributed by atoms with Crippen LogP contribution in [0.4, 0.5) is 16.3 Å². The molecule has 2 aromatic rings. The smallest absolute Gasteiger partial charge is 0.244 e. The van der Waals surface area contributed by atoms with Crippen LogP contribution in [-0.2, 0) is 11.3 Å². The van der Waals surface area contributed by atoms with Crippen molar-refractivity contribution in [1.29, 1.82) is 0 Å². The zero-order chi connectivity index (χ0) is 18.4. The third kappa shape index (κ3) is 5.23. The van der Waals surface area contributed by atoms with Crippen LogP contribution in [0, 0.1) is 5.82 Å². The maximum atomic E-state index is 13.5. The molecule has 1 aromatic carbocycles. The first-order chi connectivity index (χ1) is 11.9. The quantitative estimate of drug-likeness (QED) is 0.800. The summed E-state index contributed by atoms with van der Waals surface area (Å²) >= 11 is 0. The lowest BCUT2D eigenvalue weighted by atomic mass is 10.2. The lowest BCUT2D eigenvalue weighted by Gasteiger charge is -2.16. The molecule has 0 spiro atoms. The van der Waals surface area contributed by atoms with Gasteiger partial charge in [0.25, 0.3) is 0 Å². The second-order valence-electron chi connectivity index (χ2n) is 5.71. The van der Waals surface area contributed by atoms with E-state index in [1.807, 2.05) is 28.2 Å². The molecule has 0 saturated carbocycles. The third-order valence-corrected chi connectivity index (χ3v) is 3.20. The first-order valence-electron chi connectivity index (χ1n) is 7.67. The summed E-state index contributed by atoms with van der Waals surface area (Å²) in [4.78, 5) is 28.4. The molecular formula is C17H21FN6O. The molecule has 0 bridgehead atoms. The maximum absolute atomic E-state index is 13.5. The Morgan fingerprint density at radius 2 is 1.68 bits per heavy atom.